The Morgan fingerprint density at radius 3 is 1.12 bits per heavy atom. The van der Waals surface area contributed by atoms with Gasteiger partial charge in [-0.3, -0.25) is 0 Å². The van der Waals surface area contributed by atoms with Gasteiger partial charge in [0.15, 0.2) is 0 Å². The molecule has 16 heavy (non-hydrogen) atoms. The second-order valence-electron chi connectivity index (χ2n) is 5.16. The standard InChI is InChI=1S/C14H33P.HI/c1-5-9-12-15(8-4,13-10-6-2)14-11-7-3;/h15H,5-14H2,1-4H3;1H. The van der Waals surface area contributed by atoms with Gasteiger partial charge in [-0.25, -0.2) is 0 Å². The van der Waals surface area contributed by atoms with Gasteiger partial charge in [0.05, 0.1) is 0 Å². The molecule has 0 radical (unpaired) electrons. The predicted octanol–water partition coefficient (Wildman–Crippen LogP) is 5.77. The smallest absolute Gasteiger partial charge is 0.107 e. The summed E-state index contributed by atoms with van der Waals surface area (Å²) in [6.45, 7) is 9.49. The van der Waals surface area contributed by atoms with E-state index in [9.17, 15) is 0 Å². The molecule has 0 nitrogen and oxygen atoms in total. The Morgan fingerprint density at radius 1 is 0.625 bits per heavy atom. The number of halogens is 1. The first-order valence-electron chi connectivity index (χ1n) is 7.24. The van der Waals surface area contributed by atoms with Crippen molar-refractivity contribution in [2.75, 3.05) is 24.6 Å². The Labute approximate surface area is 122 Å². The molecule has 102 valence electrons. The maximum Gasteiger partial charge on any atom is -0.107 e. The zero-order valence-corrected chi connectivity index (χ0v) is 15.3. The van der Waals surface area contributed by atoms with Crippen molar-refractivity contribution < 1.29 is 0 Å². The van der Waals surface area contributed by atoms with E-state index < -0.39 is 7.26 Å². The Morgan fingerprint density at radius 2 is 0.938 bits per heavy atom. The van der Waals surface area contributed by atoms with Gasteiger partial charge in [-0.2, -0.15) is 0 Å². The topological polar surface area (TPSA) is 0 Å². The molecule has 0 aromatic rings. The van der Waals surface area contributed by atoms with Crippen molar-refractivity contribution in [1.82, 2.24) is 0 Å². The largest absolute Gasteiger partial charge is 0.107 e. The first kappa shape index (κ1) is 19.5. The summed E-state index contributed by atoms with van der Waals surface area (Å²) in [5, 5.41) is 0. The van der Waals surface area contributed by atoms with Gasteiger partial charge >= 0.3 is 98.1 Å². The van der Waals surface area contributed by atoms with E-state index in [1.807, 2.05) is 0 Å². The van der Waals surface area contributed by atoms with E-state index in [0.29, 0.717) is 0 Å². The Balaban J connectivity index is 0. The molecule has 0 N–H and O–H groups in total. The molecule has 0 aromatic heterocycles. The van der Waals surface area contributed by atoms with Crippen LogP contribution in [0.3, 0.4) is 0 Å². The summed E-state index contributed by atoms with van der Waals surface area (Å²) in [5.74, 6) is 0. The third kappa shape index (κ3) is 8.28. The molecule has 0 heterocycles. The summed E-state index contributed by atoms with van der Waals surface area (Å²) < 4.78 is 0. The molecular weight excluding hydrogens is 326 g/mol. The molecule has 0 saturated heterocycles. The molecule has 0 aromatic carbocycles. The minimum absolute atomic E-state index is 0. The number of hydrogen-bond donors (Lipinski definition) is 0. The molecule has 0 aliphatic heterocycles. The van der Waals surface area contributed by atoms with E-state index >= 15 is 0 Å². The van der Waals surface area contributed by atoms with Crippen molar-refractivity contribution in [3.8, 4) is 0 Å². The maximum atomic E-state index is 2.47. The van der Waals surface area contributed by atoms with Crippen LogP contribution in [0.2, 0.25) is 0 Å². The fraction of sp³-hybridized carbons (Fsp3) is 1.00. The van der Waals surface area contributed by atoms with E-state index in [2.05, 4.69) is 27.7 Å². The van der Waals surface area contributed by atoms with Crippen LogP contribution in [0.4, 0.5) is 0 Å². The molecule has 0 rings (SSSR count). The third-order valence-electron chi connectivity index (χ3n) is 3.93. The van der Waals surface area contributed by atoms with Crippen molar-refractivity contribution in [3.63, 3.8) is 0 Å². The molecule has 0 saturated carbocycles. The summed E-state index contributed by atoms with van der Waals surface area (Å²) in [6, 6.07) is 0. The van der Waals surface area contributed by atoms with Crippen LogP contribution < -0.4 is 0 Å². The van der Waals surface area contributed by atoms with Crippen LogP contribution in [0.15, 0.2) is 0 Å². The Hall–Kier alpha value is 1.16. The van der Waals surface area contributed by atoms with Crippen LogP contribution in [-0.2, 0) is 0 Å². The van der Waals surface area contributed by atoms with Crippen LogP contribution in [0.5, 0.6) is 0 Å². The summed E-state index contributed by atoms with van der Waals surface area (Å²) in [7, 11) is -0.832. The van der Waals surface area contributed by atoms with E-state index in [4.69, 9.17) is 0 Å². The molecule has 0 bridgehead atoms. The number of hydrogen-bond acceptors (Lipinski definition) is 0. The predicted molar refractivity (Wildman–Crippen MR) is 93.6 cm³/mol. The van der Waals surface area contributed by atoms with E-state index in [0.717, 1.165) is 0 Å². The van der Waals surface area contributed by atoms with Crippen LogP contribution >= 0.6 is 31.2 Å². The van der Waals surface area contributed by atoms with Gasteiger partial charge in [-0.15, -0.1) is 24.0 Å². The van der Waals surface area contributed by atoms with Crippen molar-refractivity contribution in [3.05, 3.63) is 0 Å². The van der Waals surface area contributed by atoms with Crippen LogP contribution in [0, 0.1) is 0 Å². The van der Waals surface area contributed by atoms with E-state index in [-0.39, 0.29) is 24.0 Å². The minimum Gasteiger partial charge on any atom is -0.107 e. The van der Waals surface area contributed by atoms with E-state index in [1.54, 1.807) is 18.5 Å². The van der Waals surface area contributed by atoms with Crippen molar-refractivity contribution >= 4 is 31.2 Å². The van der Waals surface area contributed by atoms with Crippen molar-refractivity contribution in [1.29, 1.82) is 0 Å². The third-order valence-corrected chi connectivity index (χ3v) is 9.67. The van der Waals surface area contributed by atoms with Crippen molar-refractivity contribution in [2.24, 2.45) is 0 Å². The zero-order chi connectivity index (χ0) is 11.6. The van der Waals surface area contributed by atoms with Gasteiger partial charge in [-0.1, -0.05) is 0 Å². The number of rotatable bonds is 10. The minimum atomic E-state index is -0.832. The molecule has 0 aliphatic rings. The zero-order valence-electron chi connectivity index (χ0n) is 12.0. The summed E-state index contributed by atoms with van der Waals surface area (Å²) in [4.78, 5) is 0. The average Bonchev–Trinajstić information content (AvgIpc) is 2.29. The molecule has 0 spiro atoms. The quantitative estimate of drug-likeness (QED) is 0.342. The number of unbranched alkanes of at least 4 members (excludes halogenated alkanes) is 3. The normalized spacial score (nSPS) is 12.2. The summed E-state index contributed by atoms with van der Waals surface area (Å²) >= 11 is 0. The Bertz CT molecular complexity index is 115. The second-order valence-corrected chi connectivity index (χ2v) is 10.4. The van der Waals surface area contributed by atoms with Crippen molar-refractivity contribution in [2.45, 2.75) is 66.2 Å². The monoisotopic (exact) mass is 360 g/mol. The molecular formula is C14H34IP. The van der Waals surface area contributed by atoms with Gasteiger partial charge in [0, 0.05) is 0 Å². The van der Waals surface area contributed by atoms with Gasteiger partial charge < -0.3 is 0 Å². The first-order valence-corrected chi connectivity index (χ1v) is 10.1. The molecule has 0 fully saturated rings. The molecule has 0 atom stereocenters. The van der Waals surface area contributed by atoms with Gasteiger partial charge in [0.25, 0.3) is 0 Å². The van der Waals surface area contributed by atoms with E-state index in [1.165, 1.54) is 44.7 Å². The average molecular weight is 360 g/mol. The van der Waals surface area contributed by atoms with Crippen LogP contribution in [-0.4, -0.2) is 24.6 Å². The Kier molecular flexibility index (Phi) is 15.4. The van der Waals surface area contributed by atoms with Gasteiger partial charge in [-0.05, 0) is 0 Å². The molecule has 2 heteroatoms. The summed E-state index contributed by atoms with van der Waals surface area (Å²) in [5.41, 5.74) is 0. The SMILES string of the molecule is CCCC[PH](CC)(CCCC)CCCC.I. The molecule has 0 amide bonds. The van der Waals surface area contributed by atoms with Crippen LogP contribution in [0.25, 0.3) is 0 Å². The molecule has 0 unspecified atom stereocenters. The van der Waals surface area contributed by atoms with Gasteiger partial charge in [0.1, 0.15) is 0 Å². The van der Waals surface area contributed by atoms with Gasteiger partial charge in [0.2, 0.25) is 0 Å². The fourth-order valence-corrected chi connectivity index (χ4v) is 7.68. The second kappa shape index (κ2) is 12.6. The first-order chi connectivity index (χ1) is 7.24. The van der Waals surface area contributed by atoms with Crippen LogP contribution in [0.1, 0.15) is 66.2 Å². The fourth-order valence-electron chi connectivity index (χ4n) is 2.56. The molecule has 0 aliphatic carbocycles. The maximum absolute atomic E-state index is 2.47. The summed E-state index contributed by atoms with van der Waals surface area (Å²) in [6.07, 6.45) is 15.0.